The van der Waals surface area contributed by atoms with Crippen molar-refractivity contribution in [3.63, 3.8) is 0 Å². The predicted molar refractivity (Wildman–Crippen MR) is 112 cm³/mol. The van der Waals surface area contributed by atoms with E-state index in [4.69, 9.17) is 4.74 Å². The molecular weight excluding hydrogens is 380 g/mol. The molecule has 0 N–H and O–H groups in total. The van der Waals surface area contributed by atoms with Crippen molar-refractivity contribution >= 4 is 17.8 Å². The highest BCUT2D eigenvalue weighted by Gasteiger charge is 2.51. The minimum Gasteiger partial charge on any atom is -0.465 e. The Labute approximate surface area is 176 Å². The maximum Gasteiger partial charge on any atom is 0.337 e. The first-order valence-electron chi connectivity index (χ1n) is 10.3. The molecule has 2 saturated heterocycles. The third kappa shape index (κ3) is 3.82. The summed E-state index contributed by atoms with van der Waals surface area (Å²) < 4.78 is 4.69. The van der Waals surface area contributed by atoms with Gasteiger partial charge in [-0.15, -0.1) is 0 Å². The molecule has 0 saturated carbocycles. The van der Waals surface area contributed by atoms with Crippen molar-refractivity contribution in [1.82, 2.24) is 9.80 Å². The van der Waals surface area contributed by atoms with E-state index in [9.17, 15) is 14.4 Å². The van der Waals surface area contributed by atoms with Gasteiger partial charge >= 0.3 is 5.97 Å². The van der Waals surface area contributed by atoms with Gasteiger partial charge in [-0.1, -0.05) is 30.3 Å². The van der Waals surface area contributed by atoms with E-state index in [1.807, 2.05) is 23.1 Å². The lowest BCUT2D eigenvalue weighted by Crippen LogP contribution is -2.39. The molecule has 2 aliphatic heterocycles. The van der Waals surface area contributed by atoms with Crippen LogP contribution in [0.4, 0.5) is 0 Å². The van der Waals surface area contributed by atoms with E-state index < -0.39 is 11.4 Å². The third-order valence-electron chi connectivity index (χ3n) is 6.31. The van der Waals surface area contributed by atoms with Crippen molar-refractivity contribution < 1.29 is 19.1 Å². The number of ether oxygens (including phenoxy) is 1. The number of benzene rings is 2. The Hall–Kier alpha value is -3.15. The summed E-state index contributed by atoms with van der Waals surface area (Å²) in [5.41, 5.74) is 1.71. The Morgan fingerprint density at radius 2 is 1.63 bits per heavy atom. The Morgan fingerprint density at radius 1 is 0.967 bits per heavy atom. The molecule has 2 aliphatic rings. The topological polar surface area (TPSA) is 66.9 Å². The molecule has 2 heterocycles. The van der Waals surface area contributed by atoms with Crippen LogP contribution >= 0.6 is 0 Å². The van der Waals surface area contributed by atoms with Gasteiger partial charge in [-0.3, -0.25) is 9.59 Å². The Kier molecular flexibility index (Phi) is 5.57. The summed E-state index contributed by atoms with van der Waals surface area (Å²) in [6.45, 7) is 2.51. The molecule has 0 aromatic heterocycles. The third-order valence-corrected chi connectivity index (χ3v) is 6.31. The molecule has 2 aromatic carbocycles. The van der Waals surface area contributed by atoms with E-state index in [0.717, 1.165) is 19.4 Å². The summed E-state index contributed by atoms with van der Waals surface area (Å²) in [5.74, 6) is -0.352. The highest BCUT2D eigenvalue weighted by Crippen LogP contribution is 2.41. The van der Waals surface area contributed by atoms with Crippen molar-refractivity contribution in [1.29, 1.82) is 0 Å². The van der Waals surface area contributed by atoms with Crippen LogP contribution in [0.15, 0.2) is 54.6 Å². The second kappa shape index (κ2) is 8.30. The van der Waals surface area contributed by atoms with Crippen LogP contribution < -0.4 is 0 Å². The summed E-state index contributed by atoms with van der Waals surface area (Å²) in [6, 6.07) is 16.7. The summed E-state index contributed by atoms with van der Waals surface area (Å²) in [4.78, 5) is 41.4. The Morgan fingerprint density at radius 3 is 2.33 bits per heavy atom. The number of rotatable bonds is 5. The molecular formula is C24H26N2O4. The summed E-state index contributed by atoms with van der Waals surface area (Å²) in [7, 11) is 1.33. The highest BCUT2D eigenvalue weighted by atomic mass is 16.5. The average Bonchev–Trinajstić information content (AvgIpc) is 3.36. The molecule has 6 heteroatoms. The van der Waals surface area contributed by atoms with E-state index in [0.29, 0.717) is 37.2 Å². The SMILES string of the molecule is COC(=O)c1ccc(C(=O)N2CCC3(CCN(CCc4ccccc4)C3=O)C2)cc1. The molecule has 1 atom stereocenters. The van der Waals surface area contributed by atoms with Crippen LogP contribution in [-0.4, -0.2) is 60.9 Å². The molecule has 30 heavy (non-hydrogen) atoms. The zero-order valence-electron chi connectivity index (χ0n) is 17.2. The fourth-order valence-corrected chi connectivity index (χ4v) is 4.49. The summed E-state index contributed by atoms with van der Waals surface area (Å²) in [6.07, 6.45) is 2.35. The van der Waals surface area contributed by atoms with Gasteiger partial charge in [0.1, 0.15) is 0 Å². The Bertz CT molecular complexity index is 941. The molecule has 1 unspecified atom stereocenters. The van der Waals surface area contributed by atoms with Gasteiger partial charge in [-0.05, 0) is 49.1 Å². The number of carbonyl (C=O) groups excluding carboxylic acids is 3. The van der Waals surface area contributed by atoms with E-state index in [1.54, 1.807) is 29.2 Å². The summed E-state index contributed by atoms with van der Waals surface area (Å²) >= 11 is 0. The van der Waals surface area contributed by atoms with Gasteiger partial charge in [0.2, 0.25) is 5.91 Å². The van der Waals surface area contributed by atoms with Crippen molar-refractivity contribution in [2.45, 2.75) is 19.3 Å². The van der Waals surface area contributed by atoms with Gasteiger partial charge in [0.05, 0.1) is 18.1 Å². The van der Waals surface area contributed by atoms with Gasteiger partial charge in [0, 0.05) is 31.7 Å². The van der Waals surface area contributed by atoms with Gasteiger partial charge in [-0.25, -0.2) is 4.79 Å². The quantitative estimate of drug-likeness (QED) is 0.716. The standard InChI is InChI=1S/C24H26N2O4/c1-30-22(28)20-9-7-19(8-10-20)21(27)26-16-13-24(17-26)12-15-25(23(24)29)14-11-18-5-3-2-4-6-18/h2-10H,11-17H2,1H3. The normalized spacial score (nSPS) is 20.8. The largest absolute Gasteiger partial charge is 0.465 e. The zero-order valence-corrected chi connectivity index (χ0v) is 17.2. The van der Waals surface area contributed by atoms with Crippen LogP contribution in [0.5, 0.6) is 0 Å². The first kappa shape index (κ1) is 20.1. The predicted octanol–water partition coefficient (Wildman–Crippen LogP) is 2.78. The number of hydrogen-bond donors (Lipinski definition) is 0. The minimum atomic E-state index is -0.446. The average molecular weight is 406 g/mol. The second-order valence-electron chi connectivity index (χ2n) is 8.10. The van der Waals surface area contributed by atoms with Crippen LogP contribution in [0.2, 0.25) is 0 Å². The number of methoxy groups -OCH3 is 1. The van der Waals surface area contributed by atoms with Gasteiger partial charge in [-0.2, -0.15) is 0 Å². The fourth-order valence-electron chi connectivity index (χ4n) is 4.49. The van der Waals surface area contributed by atoms with Crippen LogP contribution in [-0.2, 0) is 16.0 Å². The van der Waals surface area contributed by atoms with Crippen LogP contribution in [0.25, 0.3) is 0 Å². The van der Waals surface area contributed by atoms with Crippen molar-refractivity contribution in [2.24, 2.45) is 5.41 Å². The van der Waals surface area contributed by atoms with E-state index >= 15 is 0 Å². The van der Waals surface area contributed by atoms with E-state index in [2.05, 4.69) is 12.1 Å². The van der Waals surface area contributed by atoms with Crippen LogP contribution in [0.3, 0.4) is 0 Å². The van der Waals surface area contributed by atoms with Crippen molar-refractivity contribution in [2.75, 3.05) is 33.3 Å². The molecule has 6 nitrogen and oxygen atoms in total. The monoisotopic (exact) mass is 406 g/mol. The van der Waals surface area contributed by atoms with Gasteiger partial charge in [0.15, 0.2) is 0 Å². The van der Waals surface area contributed by atoms with Crippen LogP contribution in [0, 0.1) is 5.41 Å². The smallest absolute Gasteiger partial charge is 0.337 e. The highest BCUT2D eigenvalue weighted by molar-refractivity contribution is 5.97. The lowest BCUT2D eigenvalue weighted by molar-refractivity contribution is -0.135. The maximum absolute atomic E-state index is 13.1. The van der Waals surface area contributed by atoms with E-state index in [1.165, 1.54) is 12.7 Å². The number of likely N-dealkylation sites (tertiary alicyclic amines) is 2. The summed E-state index contributed by atoms with van der Waals surface area (Å²) in [5, 5.41) is 0. The van der Waals surface area contributed by atoms with Crippen molar-refractivity contribution in [3.05, 3.63) is 71.3 Å². The lowest BCUT2D eigenvalue weighted by Gasteiger charge is -2.24. The number of esters is 1. The van der Waals surface area contributed by atoms with Gasteiger partial charge in [0.25, 0.3) is 5.91 Å². The van der Waals surface area contributed by atoms with Crippen molar-refractivity contribution in [3.8, 4) is 0 Å². The zero-order chi connectivity index (χ0) is 21.1. The molecule has 0 bridgehead atoms. The number of hydrogen-bond acceptors (Lipinski definition) is 4. The molecule has 1 spiro atoms. The number of nitrogens with zero attached hydrogens (tertiary/aromatic N) is 2. The first-order valence-corrected chi connectivity index (χ1v) is 10.3. The molecule has 0 radical (unpaired) electrons. The van der Waals surface area contributed by atoms with E-state index in [-0.39, 0.29) is 11.8 Å². The Balaban J connectivity index is 1.38. The molecule has 4 rings (SSSR count). The molecule has 0 aliphatic carbocycles. The number of carbonyl (C=O) groups is 3. The van der Waals surface area contributed by atoms with Gasteiger partial charge < -0.3 is 14.5 Å². The second-order valence-corrected chi connectivity index (χ2v) is 8.10. The molecule has 2 fully saturated rings. The minimum absolute atomic E-state index is 0.0983. The molecule has 2 amide bonds. The lowest BCUT2D eigenvalue weighted by atomic mass is 9.85. The molecule has 2 aromatic rings. The maximum atomic E-state index is 13.1. The van der Waals surface area contributed by atoms with Crippen LogP contribution in [0.1, 0.15) is 39.1 Å². The number of amides is 2. The fraction of sp³-hybridized carbons (Fsp3) is 0.375. The molecule has 156 valence electrons. The first-order chi connectivity index (χ1) is 14.5.